The zero-order valence-electron chi connectivity index (χ0n) is 16.1. The highest BCUT2D eigenvalue weighted by Gasteiger charge is 2.26. The molecule has 2 unspecified atom stereocenters. The lowest BCUT2D eigenvalue weighted by molar-refractivity contribution is -0.158. The van der Waals surface area contributed by atoms with Crippen molar-refractivity contribution >= 4 is 34.8 Å². The Bertz CT molecular complexity index is 801. The number of carbonyl (C=O) groups is 1. The lowest BCUT2D eigenvalue weighted by atomic mass is 10.1. The molecule has 1 aliphatic rings. The number of aryl methyl sites for hydroxylation is 1. The van der Waals surface area contributed by atoms with Crippen molar-refractivity contribution in [2.24, 2.45) is 0 Å². The highest BCUT2D eigenvalue weighted by atomic mass is 35.5. The van der Waals surface area contributed by atoms with Gasteiger partial charge in [-0.05, 0) is 30.5 Å². The largest absolute Gasteiger partial charge is 0.354 e. The number of rotatable bonds is 9. The molecule has 7 nitrogen and oxygen atoms in total. The van der Waals surface area contributed by atoms with Gasteiger partial charge in [0.2, 0.25) is 6.41 Å². The van der Waals surface area contributed by atoms with Gasteiger partial charge in [-0.1, -0.05) is 41.9 Å². The molecule has 1 amide bonds. The first-order chi connectivity index (χ1) is 14.1. The monoisotopic (exact) mass is 436 g/mol. The predicted molar refractivity (Wildman–Crippen MR) is 114 cm³/mol. The topological polar surface area (TPSA) is 77.0 Å². The molecule has 9 heteroatoms. The van der Waals surface area contributed by atoms with Crippen LogP contribution in [0.3, 0.4) is 0 Å². The Hall–Kier alpha value is -2.00. The van der Waals surface area contributed by atoms with Gasteiger partial charge in [0, 0.05) is 32.4 Å². The second-order valence-corrected chi connectivity index (χ2v) is 8.83. The van der Waals surface area contributed by atoms with Crippen LogP contribution in [-0.4, -0.2) is 68.2 Å². The van der Waals surface area contributed by atoms with Crippen LogP contribution in [0.4, 0.5) is 5.82 Å². The minimum atomic E-state index is -1.29. The Morgan fingerprint density at radius 1 is 1.17 bits per heavy atom. The summed E-state index contributed by atoms with van der Waals surface area (Å²) in [6, 6.07) is 13.0. The molecule has 0 radical (unpaired) electrons. The van der Waals surface area contributed by atoms with Crippen molar-refractivity contribution in [2.45, 2.75) is 18.9 Å². The van der Waals surface area contributed by atoms with Crippen LogP contribution in [0.5, 0.6) is 0 Å². The van der Waals surface area contributed by atoms with E-state index in [0.717, 1.165) is 11.4 Å². The number of benzene rings is 1. The number of carbonyl (C=O) groups excluding carboxylic acids is 1. The highest BCUT2D eigenvalue weighted by Crippen LogP contribution is 2.18. The molecule has 1 aliphatic heterocycles. The van der Waals surface area contributed by atoms with Gasteiger partial charge in [-0.2, -0.15) is 0 Å². The van der Waals surface area contributed by atoms with E-state index in [4.69, 9.17) is 11.6 Å². The van der Waals surface area contributed by atoms with Gasteiger partial charge in [-0.3, -0.25) is 10.0 Å². The van der Waals surface area contributed by atoms with Gasteiger partial charge >= 0.3 is 0 Å². The van der Waals surface area contributed by atoms with E-state index in [1.54, 1.807) is 12.3 Å². The van der Waals surface area contributed by atoms with Crippen molar-refractivity contribution in [2.75, 3.05) is 36.8 Å². The van der Waals surface area contributed by atoms with Crippen molar-refractivity contribution in [3.8, 4) is 0 Å². The van der Waals surface area contributed by atoms with E-state index in [2.05, 4.69) is 9.88 Å². The molecule has 1 fully saturated rings. The number of aromatic nitrogens is 1. The fourth-order valence-electron chi connectivity index (χ4n) is 3.30. The molecule has 156 valence electrons. The maximum atomic E-state index is 12.9. The Morgan fingerprint density at radius 2 is 1.90 bits per heavy atom. The first-order valence-corrected chi connectivity index (χ1v) is 11.2. The van der Waals surface area contributed by atoms with Gasteiger partial charge in [0.15, 0.2) is 0 Å². The average Bonchev–Trinajstić information content (AvgIpc) is 2.77. The van der Waals surface area contributed by atoms with E-state index >= 15 is 0 Å². The molecule has 29 heavy (non-hydrogen) atoms. The molecule has 2 heterocycles. The number of halogens is 1. The van der Waals surface area contributed by atoms with E-state index in [0.29, 0.717) is 55.5 Å². The normalized spacial score (nSPS) is 17.0. The van der Waals surface area contributed by atoms with Crippen LogP contribution in [0.15, 0.2) is 48.7 Å². The molecule has 3 rings (SSSR count). The fourth-order valence-corrected chi connectivity index (χ4v) is 4.84. The molecule has 1 aromatic carbocycles. The summed E-state index contributed by atoms with van der Waals surface area (Å²) >= 11 is 5.89. The van der Waals surface area contributed by atoms with Gasteiger partial charge in [0.05, 0.1) is 27.8 Å². The summed E-state index contributed by atoms with van der Waals surface area (Å²) in [6.07, 6.45) is 3.24. The van der Waals surface area contributed by atoms with Crippen LogP contribution >= 0.6 is 11.6 Å². The van der Waals surface area contributed by atoms with Gasteiger partial charge in [-0.15, -0.1) is 0 Å². The molecule has 1 saturated heterocycles. The van der Waals surface area contributed by atoms with Gasteiger partial charge < -0.3 is 4.90 Å². The fraction of sp³-hybridized carbons (Fsp3) is 0.400. The minimum absolute atomic E-state index is 0.210. The first kappa shape index (κ1) is 21.7. The predicted octanol–water partition coefficient (Wildman–Crippen LogP) is 2.37. The second kappa shape index (κ2) is 10.7. The van der Waals surface area contributed by atoms with E-state index in [1.807, 2.05) is 40.7 Å². The molecule has 0 saturated carbocycles. The van der Waals surface area contributed by atoms with E-state index in [1.165, 1.54) is 0 Å². The molecule has 1 N–H and O–H groups in total. The number of anilines is 1. The maximum absolute atomic E-state index is 12.9. The van der Waals surface area contributed by atoms with Crippen molar-refractivity contribution in [1.29, 1.82) is 0 Å². The smallest absolute Gasteiger partial charge is 0.233 e. The molecule has 2 aromatic rings. The molecule has 0 aliphatic carbocycles. The van der Waals surface area contributed by atoms with E-state index in [9.17, 15) is 14.2 Å². The summed E-state index contributed by atoms with van der Waals surface area (Å²) in [7, 11) is -1.29. The number of hydroxylamine groups is 2. The maximum Gasteiger partial charge on any atom is 0.233 e. The highest BCUT2D eigenvalue weighted by molar-refractivity contribution is 7.82. The third-order valence-corrected chi connectivity index (χ3v) is 6.82. The van der Waals surface area contributed by atoms with E-state index in [-0.39, 0.29) is 5.75 Å². The van der Waals surface area contributed by atoms with Gasteiger partial charge in [0.1, 0.15) is 5.82 Å². The van der Waals surface area contributed by atoms with Crippen LogP contribution in [0.25, 0.3) is 0 Å². The Balaban J connectivity index is 1.53. The lowest BCUT2D eigenvalue weighted by Gasteiger charge is -2.35. The first-order valence-electron chi connectivity index (χ1n) is 9.53. The summed E-state index contributed by atoms with van der Waals surface area (Å²) in [6.45, 7) is 2.64. The number of pyridine rings is 1. The molecule has 1 aromatic heterocycles. The molecular formula is C20H25ClN4O3S. The van der Waals surface area contributed by atoms with Crippen LogP contribution in [-0.2, 0) is 22.2 Å². The van der Waals surface area contributed by atoms with Gasteiger partial charge in [-0.25, -0.2) is 18.6 Å². The zero-order chi connectivity index (χ0) is 20.6. The van der Waals surface area contributed by atoms with Crippen molar-refractivity contribution in [1.82, 2.24) is 14.4 Å². The SMILES string of the molecule is O=CN(O)C(CCc1ccccc1)CS(=O)N1CCN(c2ccc(Cl)cn2)CC1. The van der Waals surface area contributed by atoms with Crippen LogP contribution in [0.2, 0.25) is 5.02 Å². The third-order valence-electron chi connectivity index (χ3n) is 4.99. The van der Waals surface area contributed by atoms with Crippen molar-refractivity contribution in [3.63, 3.8) is 0 Å². The molecular weight excluding hydrogens is 412 g/mol. The summed E-state index contributed by atoms with van der Waals surface area (Å²) in [4.78, 5) is 17.5. The second-order valence-electron chi connectivity index (χ2n) is 6.90. The van der Waals surface area contributed by atoms with Gasteiger partial charge in [0.25, 0.3) is 0 Å². The summed E-state index contributed by atoms with van der Waals surface area (Å²) in [5.41, 5.74) is 1.12. The number of amides is 1. The quantitative estimate of drug-likeness (QED) is 0.371. The molecule has 0 spiro atoms. The number of nitrogens with zero attached hydrogens (tertiary/aromatic N) is 4. The standard InChI is InChI=1S/C20H25ClN4O3S/c21-18-7-9-20(22-14-18)23-10-12-24(13-11-23)29(28)15-19(25(27)16-26)8-6-17-4-2-1-3-5-17/h1-5,7,9,14,16,19,27H,6,8,10-13,15H2. The lowest BCUT2D eigenvalue weighted by Crippen LogP contribution is -2.49. The zero-order valence-corrected chi connectivity index (χ0v) is 17.6. The van der Waals surface area contributed by atoms with E-state index < -0.39 is 17.0 Å². The van der Waals surface area contributed by atoms with Crippen molar-refractivity contribution < 1.29 is 14.2 Å². The summed E-state index contributed by atoms with van der Waals surface area (Å²) < 4.78 is 14.7. The Kier molecular flexibility index (Phi) is 8.00. The van der Waals surface area contributed by atoms with Crippen molar-refractivity contribution in [3.05, 3.63) is 59.2 Å². The summed E-state index contributed by atoms with van der Waals surface area (Å²) in [5, 5.41) is 11.2. The van der Waals surface area contributed by atoms with Crippen LogP contribution in [0, 0.1) is 0 Å². The molecule has 0 bridgehead atoms. The number of piperazine rings is 1. The third kappa shape index (κ3) is 6.24. The van der Waals surface area contributed by atoms with Crippen LogP contribution < -0.4 is 4.90 Å². The minimum Gasteiger partial charge on any atom is -0.354 e. The average molecular weight is 437 g/mol. The Labute approximate surface area is 178 Å². The Morgan fingerprint density at radius 3 is 2.52 bits per heavy atom. The number of hydrogen-bond acceptors (Lipinski definition) is 5. The van der Waals surface area contributed by atoms with Crippen LogP contribution in [0.1, 0.15) is 12.0 Å². The number of hydrogen-bond donors (Lipinski definition) is 1. The molecule has 2 atom stereocenters. The summed E-state index contributed by atoms with van der Waals surface area (Å²) in [5.74, 6) is 1.06.